The summed E-state index contributed by atoms with van der Waals surface area (Å²) in [5.41, 5.74) is 1.41. The van der Waals surface area contributed by atoms with Crippen LogP contribution in [0.15, 0.2) is 6.07 Å². The Morgan fingerprint density at radius 2 is 2.50 bits per heavy atom. The van der Waals surface area contributed by atoms with Crippen molar-refractivity contribution in [3.63, 3.8) is 0 Å². The first-order valence-corrected chi connectivity index (χ1v) is 5.30. The number of thiophene rings is 1. The van der Waals surface area contributed by atoms with Gasteiger partial charge in [-0.3, -0.25) is 0 Å². The van der Waals surface area contributed by atoms with E-state index in [9.17, 15) is 0 Å². The Morgan fingerprint density at radius 3 is 3.20 bits per heavy atom. The highest BCUT2D eigenvalue weighted by Gasteiger charge is 2.22. The fraction of sp³-hybridized carbons (Fsp3) is 0.429. The summed E-state index contributed by atoms with van der Waals surface area (Å²) in [6.45, 7) is 0. The fourth-order valence-corrected chi connectivity index (χ4v) is 3.43. The Balaban J connectivity index is 2.49. The van der Waals surface area contributed by atoms with Gasteiger partial charge >= 0.3 is 0 Å². The van der Waals surface area contributed by atoms with Crippen LogP contribution in [0.4, 0.5) is 0 Å². The van der Waals surface area contributed by atoms with Gasteiger partial charge in [0.1, 0.15) is 0 Å². The number of fused-ring (bicyclic) bond motifs is 1. The Kier molecular flexibility index (Phi) is 1.79. The Hall–Kier alpha value is 0.470. The summed E-state index contributed by atoms with van der Waals surface area (Å²) in [4.78, 5) is 2.03. The van der Waals surface area contributed by atoms with Crippen LogP contribution in [-0.2, 0) is 6.42 Å². The van der Waals surface area contributed by atoms with Crippen LogP contribution in [0.1, 0.15) is 21.7 Å². The van der Waals surface area contributed by atoms with Gasteiger partial charge in [0.25, 0.3) is 0 Å². The van der Waals surface area contributed by atoms with E-state index in [4.69, 9.17) is 11.6 Å². The van der Waals surface area contributed by atoms with Crippen LogP contribution in [-0.4, -0.2) is 0 Å². The van der Waals surface area contributed by atoms with Gasteiger partial charge in [0, 0.05) is 9.70 Å². The highest BCUT2D eigenvalue weighted by molar-refractivity contribution is 9.09. The van der Waals surface area contributed by atoms with Gasteiger partial charge in [-0.2, -0.15) is 0 Å². The summed E-state index contributed by atoms with van der Waals surface area (Å²) in [7, 11) is 0. The van der Waals surface area contributed by atoms with Crippen molar-refractivity contribution >= 4 is 38.9 Å². The molecule has 0 saturated heterocycles. The maximum absolute atomic E-state index is 5.84. The fourth-order valence-electron chi connectivity index (χ4n) is 1.28. The Labute approximate surface area is 77.3 Å². The van der Waals surface area contributed by atoms with Crippen LogP contribution in [0.25, 0.3) is 0 Å². The summed E-state index contributed by atoms with van der Waals surface area (Å²) < 4.78 is 0.925. The molecule has 1 atom stereocenters. The number of rotatable bonds is 0. The minimum absolute atomic E-state index is 0.561. The molecule has 0 aliphatic heterocycles. The second-order valence-electron chi connectivity index (χ2n) is 2.44. The van der Waals surface area contributed by atoms with Gasteiger partial charge in [0.2, 0.25) is 0 Å². The summed E-state index contributed by atoms with van der Waals surface area (Å²) in [5.74, 6) is 0. The molecule has 0 spiro atoms. The maximum atomic E-state index is 5.84. The van der Waals surface area contributed by atoms with Gasteiger partial charge in [-0.1, -0.05) is 27.5 Å². The van der Waals surface area contributed by atoms with Gasteiger partial charge in [-0.05, 0) is 24.5 Å². The molecule has 0 nitrogen and oxygen atoms in total. The van der Waals surface area contributed by atoms with Crippen molar-refractivity contribution in [2.24, 2.45) is 0 Å². The number of hydrogen-bond acceptors (Lipinski definition) is 1. The lowest BCUT2D eigenvalue weighted by atomic mass is 10.3. The smallest absolute Gasteiger partial charge is 0.0934 e. The highest BCUT2D eigenvalue weighted by Crippen LogP contribution is 2.43. The van der Waals surface area contributed by atoms with Crippen molar-refractivity contribution in [3.8, 4) is 0 Å². The number of alkyl halides is 1. The standard InChI is InChI=1S/C7H6BrClS/c8-5-1-2-6-4(5)3-7(9)10-6/h3,5H,1-2H2. The first kappa shape index (κ1) is 7.14. The van der Waals surface area contributed by atoms with Crippen molar-refractivity contribution in [2.45, 2.75) is 17.7 Å². The molecule has 0 N–H and O–H groups in total. The molecule has 0 bridgehead atoms. The average molecular weight is 238 g/mol. The van der Waals surface area contributed by atoms with E-state index in [1.165, 1.54) is 23.3 Å². The third kappa shape index (κ3) is 1.03. The monoisotopic (exact) mass is 236 g/mol. The quantitative estimate of drug-likeness (QED) is 0.603. The molecule has 1 unspecified atom stereocenters. The molecule has 0 saturated carbocycles. The minimum Gasteiger partial charge on any atom is -0.128 e. The van der Waals surface area contributed by atoms with Crippen LogP contribution < -0.4 is 0 Å². The molecule has 10 heavy (non-hydrogen) atoms. The largest absolute Gasteiger partial charge is 0.128 e. The molecule has 0 amide bonds. The molecular formula is C7H6BrClS. The SMILES string of the molecule is Clc1cc2c(s1)CCC2Br. The van der Waals surface area contributed by atoms with Gasteiger partial charge in [0.15, 0.2) is 0 Å². The summed E-state index contributed by atoms with van der Waals surface area (Å²) in [6, 6.07) is 2.08. The summed E-state index contributed by atoms with van der Waals surface area (Å²) in [6.07, 6.45) is 2.43. The molecule has 0 fully saturated rings. The predicted molar refractivity (Wildman–Crippen MR) is 49.3 cm³/mol. The molecule has 1 aromatic heterocycles. The zero-order valence-electron chi connectivity index (χ0n) is 5.23. The molecule has 54 valence electrons. The molecule has 2 rings (SSSR count). The van der Waals surface area contributed by atoms with E-state index in [1.807, 2.05) is 0 Å². The van der Waals surface area contributed by atoms with Gasteiger partial charge in [-0.25, -0.2) is 0 Å². The van der Waals surface area contributed by atoms with E-state index in [2.05, 4.69) is 22.0 Å². The lowest BCUT2D eigenvalue weighted by Crippen LogP contribution is -1.75. The number of hydrogen-bond donors (Lipinski definition) is 0. The molecule has 0 aromatic carbocycles. The third-order valence-corrected chi connectivity index (χ3v) is 4.06. The average Bonchev–Trinajstić information content (AvgIpc) is 2.35. The van der Waals surface area contributed by atoms with Crippen molar-refractivity contribution in [3.05, 3.63) is 20.8 Å². The van der Waals surface area contributed by atoms with Gasteiger partial charge in [-0.15, -0.1) is 11.3 Å². The molecular weight excluding hydrogens is 232 g/mol. The second-order valence-corrected chi connectivity index (χ2v) is 5.31. The first-order chi connectivity index (χ1) is 4.77. The minimum atomic E-state index is 0.561. The molecule has 1 aliphatic carbocycles. The van der Waals surface area contributed by atoms with Crippen LogP contribution in [0.2, 0.25) is 4.34 Å². The van der Waals surface area contributed by atoms with E-state index in [1.54, 1.807) is 11.3 Å². The molecule has 1 aromatic rings. The van der Waals surface area contributed by atoms with E-state index in [0.29, 0.717) is 4.83 Å². The third-order valence-electron chi connectivity index (χ3n) is 1.77. The summed E-state index contributed by atoms with van der Waals surface area (Å²) >= 11 is 11.2. The first-order valence-electron chi connectivity index (χ1n) is 3.19. The van der Waals surface area contributed by atoms with Crippen molar-refractivity contribution in [1.82, 2.24) is 0 Å². The number of halogens is 2. The zero-order valence-corrected chi connectivity index (χ0v) is 8.39. The van der Waals surface area contributed by atoms with Crippen LogP contribution in [0.5, 0.6) is 0 Å². The highest BCUT2D eigenvalue weighted by atomic mass is 79.9. The van der Waals surface area contributed by atoms with E-state index in [-0.39, 0.29) is 0 Å². The van der Waals surface area contributed by atoms with Crippen LogP contribution in [0, 0.1) is 0 Å². The van der Waals surface area contributed by atoms with Crippen molar-refractivity contribution in [2.75, 3.05) is 0 Å². The molecule has 3 heteroatoms. The maximum Gasteiger partial charge on any atom is 0.0934 e. The molecule has 1 heterocycles. The van der Waals surface area contributed by atoms with E-state index in [0.717, 1.165) is 4.34 Å². The summed E-state index contributed by atoms with van der Waals surface area (Å²) in [5, 5.41) is 0. The Morgan fingerprint density at radius 1 is 1.70 bits per heavy atom. The van der Waals surface area contributed by atoms with E-state index >= 15 is 0 Å². The number of aryl methyl sites for hydroxylation is 1. The molecule has 1 aliphatic rings. The van der Waals surface area contributed by atoms with Crippen LogP contribution >= 0.6 is 38.9 Å². The van der Waals surface area contributed by atoms with Gasteiger partial charge in [0.05, 0.1) is 4.34 Å². The molecule has 0 radical (unpaired) electrons. The van der Waals surface area contributed by atoms with Crippen molar-refractivity contribution < 1.29 is 0 Å². The van der Waals surface area contributed by atoms with E-state index < -0.39 is 0 Å². The predicted octanol–water partition coefficient (Wildman–Crippen LogP) is 3.78. The lowest BCUT2D eigenvalue weighted by Gasteiger charge is -1.94. The van der Waals surface area contributed by atoms with Crippen molar-refractivity contribution in [1.29, 1.82) is 0 Å². The normalized spacial score (nSPS) is 23.2. The van der Waals surface area contributed by atoms with Crippen LogP contribution in [0.3, 0.4) is 0 Å². The van der Waals surface area contributed by atoms with Gasteiger partial charge < -0.3 is 0 Å². The lowest BCUT2D eigenvalue weighted by molar-refractivity contribution is 0.906. The topological polar surface area (TPSA) is 0 Å². The Bertz CT molecular complexity index is 256. The second kappa shape index (κ2) is 2.50. The zero-order chi connectivity index (χ0) is 7.14.